The topological polar surface area (TPSA) is 66.5 Å². The van der Waals surface area contributed by atoms with E-state index in [-0.39, 0.29) is 18.5 Å². The molecular weight excluding hydrogens is 356 g/mol. The minimum Gasteiger partial charge on any atom is -0.352 e. The number of rotatable bonds is 7. The molecule has 1 rings (SSSR count). The molecule has 0 aliphatic heterocycles. The van der Waals surface area contributed by atoms with Crippen molar-refractivity contribution in [1.29, 1.82) is 0 Å². The maximum atomic E-state index is 12.0. The highest BCUT2D eigenvalue weighted by molar-refractivity contribution is 9.10. The third-order valence-electron chi connectivity index (χ3n) is 2.94. The predicted molar refractivity (Wildman–Crippen MR) is 88.8 cm³/mol. The Morgan fingerprint density at radius 2 is 2.00 bits per heavy atom. The van der Waals surface area contributed by atoms with Gasteiger partial charge in [-0.15, -0.1) is 0 Å². The highest BCUT2D eigenvalue weighted by Gasteiger charge is 2.23. The molecule has 0 heterocycles. The van der Waals surface area contributed by atoms with Crippen molar-refractivity contribution in [2.24, 2.45) is 0 Å². The summed E-state index contributed by atoms with van der Waals surface area (Å²) >= 11 is 3.32. The molecule has 0 aromatic heterocycles. The maximum absolute atomic E-state index is 12.0. The number of nitrogens with zero attached hydrogens (tertiary/aromatic N) is 1. The molecule has 0 unspecified atom stereocenters. The van der Waals surface area contributed by atoms with Gasteiger partial charge in [-0.05, 0) is 41.4 Å². The molecule has 118 valence electrons. The van der Waals surface area contributed by atoms with Crippen LogP contribution in [0.2, 0.25) is 0 Å². The van der Waals surface area contributed by atoms with Crippen molar-refractivity contribution in [3.8, 4) is 0 Å². The number of carbonyl (C=O) groups is 1. The van der Waals surface area contributed by atoms with E-state index in [2.05, 4.69) is 21.2 Å². The summed E-state index contributed by atoms with van der Waals surface area (Å²) in [6.45, 7) is 3.71. The lowest BCUT2D eigenvalue weighted by Crippen LogP contribution is -2.43. The van der Waals surface area contributed by atoms with Gasteiger partial charge in [0.1, 0.15) is 6.54 Å². The van der Waals surface area contributed by atoms with Crippen molar-refractivity contribution in [3.05, 3.63) is 28.7 Å². The molecule has 21 heavy (non-hydrogen) atoms. The van der Waals surface area contributed by atoms with Gasteiger partial charge in [0.2, 0.25) is 15.9 Å². The molecule has 0 aliphatic carbocycles. The Labute approximate surface area is 134 Å². The normalized spacial score (nSPS) is 12.8. The number of anilines is 1. The highest BCUT2D eigenvalue weighted by atomic mass is 79.9. The zero-order chi connectivity index (χ0) is 16.0. The van der Waals surface area contributed by atoms with Gasteiger partial charge in [-0.2, -0.15) is 0 Å². The number of carbonyl (C=O) groups excluding carboxylic acids is 1. The minimum absolute atomic E-state index is 0.0307. The van der Waals surface area contributed by atoms with Crippen molar-refractivity contribution in [1.82, 2.24) is 5.32 Å². The molecule has 7 heteroatoms. The van der Waals surface area contributed by atoms with E-state index in [1.54, 1.807) is 24.3 Å². The Kier molecular flexibility index (Phi) is 6.67. The van der Waals surface area contributed by atoms with Gasteiger partial charge in [0, 0.05) is 10.5 Å². The van der Waals surface area contributed by atoms with Crippen LogP contribution in [0, 0.1) is 0 Å². The fourth-order valence-electron chi connectivity index (χ4n) is 1.99. The summed E-state index contributed by atoms with van der Waals surface area (Å²) in [5.41, 5.74) is 0.457. The number of sulfonamides is 1. The molecule has 0 fully saturated rings. The van der Waals surface area contributed by atoms with Crippen LogP contribution in [0.1, 0.15) is 26.7 Å². The van der Waals surface area contributed by atoms with E-state index in [1.165, 1.54) is 0 Å². The average Bonchev–Trinajstić information content (AvgIpc) is 2.36. The third-order valence-corrected chi connectivity index (χ3v) is 4.73. The number of halogens is 1. The van der Waals surface area contributed by atoms with E-state index in [4.69, 9.17) is 0 Å². The van der Waals surface area contributed by atoms with Gasteiger partial charge >= 0.3 is 0 Å². The zero-order valence-corrected chi connectivity index (χ0v) is 14.9. The van der Waals surface area contributed by atoms with Gasteiger partial charge in [0.25, 0.3) is 0 Å². The van der Waals surface area contributed by atoms with E-state index in [0.29, 0.717) is 10.2 Å². The molecule has 1 aromatic rings. The summed E-state index contributed by atoms with van der Waals surface area (Å²) in [4.78, 5) is 12.0. The number of para-hydroxylation sites is 1. The maximum Gasteiger partial charge on any atom is 0.240 e. The third kappa shape index (κ3) is 5.67. The second-order valence-electron chi connectivity index (χ2n) is 4.98. The summed E-state index contributed by atoms with van der Waals surface area (Å²) in [5, 5.41) is 2.81. The fourth-order valence-corrected chi connectivity index (χ4v) is 3.48. The number of hydrogen-bond donors (Lipinski definition) is 1. The van der Waals surface area contributed by atoms with E-state index in [9.17, 15) is 13.2 Å². The molecular formula is C14H21BrN2O3S. The number of hydrogen-bond acceptors (Lipinski definition) is 3. The Morgan fingerprint density at radius 1 is 1.38 bits per heavy atom. The highest BCUT2D eigenvalue weighted by Crippen LogP contribution is 2.27. The van der Waals surface area contributed by atoms with Crippen molar-refractivity contribution in [3.63, 3.8) is 0 Å². The van der Waals surface area contributed by atoms with E-state index < -0.39 is 10.0 Å². The zero-order valence-electron chi connectivity index (χ0n) is 12.5. The molecule has 0 saturated carbocycles. The SMILES string of the molecule is CCC[C@@H](C)NC(=O)CN(c1ccccc1Br)S(C)(=O)=O. The lowest BCUT2D eigenvalue weighted by Gasteiger charge is -2.24. The standard InChI is InChI=1S/C14H21BrN2O3S/c1-4-7-11(2)16-14(18)10-17(21(3,19)20)13-9-6-5-8-12(13)15/h5-6,8-9,11H,4,7,10H2,1-3H3,(H,16,18)/t11-/m1/s1. The van der Waals surface area contributed by atoms with Gasteiger partial charge in [-0.1, -0.05) is 25.5 Å². The molecule has 1 atom stereocenters. The van der Waals surface area contributed by atoms with Crippen LogP contribution in [0.5, 0.6) is 0 Å². The molecule has 5 nitrogen and oxygen atoms in total. The largest absolute Gasteiger partial charge is 0.352 e. The first-order valence-corrected chi connectivity index (χ1v) is 9.41. The predicted octanol–water partition coefficient (Wildman–Crippen LogP) is 2.52. The quantitative estimate of drug-likeness (QED) is 0.794. The lowest BCUT2D eigenvalue weighted by atomic mass is 10.2. The summed E-state index contributed by atoms with van der Waals surface area (Å²) in [6, 6.07) is 6.95. The van der Waals surface area contributed by atoms with Crippen LogP contribution in [-0.2, 0) is 14.8 Å². The average molecular weight is 377 g/mol. The number of benzene rings is 1. The monoisotopic (exact) mass is 376 g/mol. The van der Waals surface area contributed by atoms with Crippen LogP contribution >= 0.6 is 15.9 Å². The summed E-state index contributed by atoms with van der Waals surface area (Å²) < 4.78 is 25.6. The molecule has 0 radical (unpaired) electrons. The van der Waals surface area contributed by atoms with Crippen LogP contribution in [0.15, 0.2) is 28.7 Å². The molecule has 0 aliphatic rings. The van der Waals surface area contributed by atoms with Crippen molar-refractivity contribution < 1.29 is 13.2 Å². The first-order chi connectivity index (χ1) is 9.75. The Hall–Kier alpha value is -1.08. The van der Waals surface area contributed by atoms with Crippen molar-refractivity contribution >= 4 is 37.5 Å². The smallest absolute Gasteiger partial charge is 0.240 e. The second-order valence-corrected chi connectivity index (χ2v) is 7.74. The number of amides is 1. The van der Waals surface area contributed by atoms with Gasteiger partial charge in [-0.3, -0.25) is 9.10 Å². The van der Waals surface area contributed by atoms with Gasteiger partial charge in [0.15, 0.2) is 0 Å². The molecule has 0 saturated heterocycles. The van der Waals surface area contributed by atoms with E-state index >= 15 is 0 Å². The van der Waals surface area contributed by atoms with Crippen LogP contribution in [0.25, 0.3) is 0 Å². The Balaban J connectivity index is 2.92. The van der Waals surface area contributed by atoms with Gasteiger partial charge < -0.3 is 5.32 Å². The Morgan fingerprint density at radius 3 is 2.52 bits per heavy atom. The van der Waals surface area contributed by atoms with Crippen LogP contribution in [0.4, 0.5) is 5.69 Å². The summed E-state index contributed by atoms with van der Waals surface area (Å²) in [7, 11) is -3.54. The first kappa shape index (κ1) is 18.0. The van der Waals surface area contributed by atoms with E-state index in [0.717, 1.165) is 23.4 Å². The molecule has 0 bridgehead atoms. The minimum atomic E-state index is -3.54. The van der Waals surface area contributed by atoms with Gasteiger partial charge in [0.05, 0.1) is 11.9 Å². The van der Waals surface area contributed by atoms with Crippen LogP contribution in [0.3, 0.4) is 0 Å². The Bertz CT molecular complexity index is 590. The molecule has 1 aromatic carbocycles. The first-order valence-electron chi connectivity index (χ1n) is 6.77. The number of nitrogens with one attached hydrogen (secondary N) is 1. The molecule has 1 amide bonds. The van der Waals surface area contributed by atoms with Crippen molar-refractivity contribution in [2.45, 2.75) is 32.7 Å². The van der Waals surface area contributed by atoms with Gasteiger partial charge in [-0.25, -0.2) is 8.42 Å². The van der Waals surface area contributed by atoms with Crippen LogP contribution < -0.4 is 9.62 Å². The molecule has 1 N–H and O–H groups in total. The van der Waals surface area contributed by atoms with Crippen molar-refractivity contribution in [2.75, 3.05) is 17.1 Å². The lowest BCUT2D eigenvalue weighted by molar-refractivity contribution is -0.120. The fraction of sp³-hybridized carbons (Fsp3) is 0.500. The van der Waals surface area contributed by atoms with E-state index in [1.807, 2.05) is 13.8 Å². The second kappa shape index (κ2) is 7.79. The summed E-state index contributed by atoms with van der Waals surface area (Å²) in [6.07, 6.45) is 2.91. The molecule has 0 spiro atoms. The summed E-state index contributed by atoms with van der Waals surface area (Å²) in [5.74, 6) is -0.308. The van der Waals surface area contributed by atoms with Crippen LogP contribution in [-0.4, -0.2) is 33.2 Å².